The summed E-state index contributed by atoms with van der Waals surface area (Å²) in [5.74, 6) is -0.0844. The van der Waals surface area contributed by atoms with E-state index in [4.69, 9.17) is 0 Å². The van der Waals surface area contributed by atoms with Gasteiger partial charge in [-0.1, -0.05) is 19.8 Å². The van der Waals surface area contributed by atoms with Crippen molar-refractivity contribution in [3.8, 4) is 0 Å². The first-order valence-corrected chi connectivity index (χ1v) is 7.70. The SMILES string of the molecule is CCNS(=O)(=O)CCNC(=O)NC1CCCC1. The van der Waals surface area contributed by atoms with Crippen LogP contribution in [-0.4, -0.2) is 39.3 Å². The molecule has 1 rings (SSSR count). The number of sulfonamides is 1. The van der Waals surface area contributed by atoms with Crippen molar-refractivity contribution in [2.24, 2.45) is 0 Å². The molecule has 0 aromatic heterocycles. The summed E-state index contributed by atoms with van der Waals surface area (Å²) in [5.41, 5.74) is 0. The Labute approximate surface area is 103 Å². The molecule has 0 spiro atoms. The molecule has 1 saturated carbocycles. The number of hydrogen-bond donors (Lipinski definition) is 3. The molecule has 17 heavy (non-hydrogen) atoms. The minimum atomic E-state index is -3.25. The Hall–Kier alpha value is -0.820. The number of carbonyl (C=O) groups excluding carboxylic acids is 1. The van der Waals surface area contributed by atoms with Crippen molar-refractivity contribution >= 4 is 16.1 Å². The quantitative estimate of drug-likeness (QED) is 0.638. The maximum Gasteiger partial charge on any atom is 0.315 e. The Morgan fingerprint density at radius 3 is 2.53 bits per heavy atom. The van der Waals surface area contributed by atoms with Crippen LogP contribution in [0.4, 0.5) is 4.79 Å². The molecule has 1 fully saturated rings. The number of nitrogens with one attached hydrogen (secondary N) is 3. The number of urea groups is 1. The van der Waals surface area contributed by atoms with E-state index in [0.717, 1.165) is 25.7 Å². The van der Waals surface area contributed by atoms with E-state index in [-0.39, 0.29) is 24.4 Å². The molecule has 0 bridgehead atoms. The summed E-state index contributed by atoms with van der Waals surface area (Å²) in [6, 6.07) is -0.0241. The van der Waals surface area contributed by atoms with E-state index >= 15 is 0 Å². The molecule has 0 atom stereocenters. The van der Waals surface area contributed by atoms with Crippen molar-refractivity contribution in [2.75, 3.05) is 18.8 Å². The number of carbonyl (C=O) groups is 1. The molecule has 0 saturated heterocycles. The third-order valence-corrected chi connectivity index (χ3v) is 4.18. The van der Waals surface area contributed by atoms with E-state index in [9.17, 15) is 13.2 Å². The van der Waals surface area contributed by atoms with Crippen LogP contribution >= 0.6 is 0 Å². The Bertz CT molecular complexity index is 337. The van der Waals surface area contributed by atoms with Gasteiger partial charge in [0.15, 0.2) is 0 Å². The van der Waals surface area contributed by atoms with Crippen molar-refractivity contribution in [1.29, 1.82) is 0 Å². The Morgan fingerprint density at radius 1 is 1.29 bits per heavy atom. The largest absolute Gasteiger partial charge is 0.337 e. The molecule has 100 valence electrons. The Morgan fingerprint density at radius 2 is 1.94 bits per heavy atom. The molecule has 0 radical (unpaired) electrons. The van der Waals surface area contributed by atoms with Gasteiger partial charge in [-0.3, -0.25) is 0 Å². The van der Waals surface area contributed by atoms with Gasteiger partial charge in [-0.25, -0.2) is 17.9 Å². The second kappa shape index (κ2) is 6.80. The molecule has 1 aliphatic rings. The normalized spacial score (nSPS) is 17.0. The van der Waals surface area contributed by atoms with Gasteiger partial charge >= 0.3 is 6.03 Å². The lowest BCUT2D eigenvalue weighted by atomic mass is 10.3. The molecule has 2 amide bonds. The van der Waals surface area contributed by atoms with Gasteiger partial charge in [-0.15, -0.1) is 0 Å². The summed E-state index contributed by atoms with van der Waals surface area (Å²) in [6.45, 7) is 2.22. The van der Waals surface area contributed by atoms with Crippen LogP contribution < -0.4 is 15.4 Å². The summed E-state index contributed by atoms with van der Waals surface area (Å²) in [5, 5.41) is 5.39. The molecule has 0 heterocycles. The lowest BCUT2D eigenvalue weighted by Crippen LogP contribution is -2.43. The highest BCUT2D eigenvalue weighted by Crippen LogP contribution is 2.17. The number of hydrogen-bond acceptors (Lipinski definition) is 3. The summed E-state index contributed by atoms with van der Waals surface area (Å²) < 4.78 is 24.9. The molecule has 0 aromatic carbocycles. The van der Waals surface area contributed by atoms with E-state index in [0.29, 0.717) is 6.54 Å². The van der Waals surface area contributed by atoms with Crippen LogP contribution in [0.25, 0.3) is 0 Å². The van der Waals surface area contributed by atoms with Gasteiger partial charge in [0.05, 0.1) is 5.75 Å². The van der Waals surface area contributed by atoms with Crippen molar-refractivity contribution in [2.45, 2.75) is 38.6 Å². The molecule has 7 heteroatoms. The molecule has 0 aliphatic heterocycles. The summed E-state index contributed by atoms with van der Waals surface area (Å²) in [7, 11) is -3.25. The Kier molecular flexibility index (Phi) is 5.70. The van der Waals surface area contributed by atoms with E-state index in [2.05, 4.69) is 15.4 Å². The fraction of sp³-hybridized carbons (Fsp3) is 0.900. The molecule has 3 N–H and O–H groups in total. The zero-order valence-electron chi connectivity index (χ0n) is 10.2. The average Bonchev–Trinajstić information content (AvgIpc) is 2.69. The number of rotatable bonds is 6. The van der Waals surface area contributed by atoms with Crippen LogP contribution in [0, 0.1) is 0 Å². The van der Waals surface area contributed by atoms with Crippen molar-refractivity contribution in [3.05, 3.63) is 0 Å². The van der Waals surface area contributed by atoms with Crippen LogP contribution in [0.15, 0.2) is 0 Å². The lowest BCUT2D eigenvalue weighted by Gasteiger charge is -2.12. The lowest BCUT2D eigenvalue weighted by molar-refractivity contribution is 0.237. The summed E-state index contributed by atoms with van der Waals surface area (Å²) in [4.78, 5) is 11.4. The highest BCUT2D eigenvalue weighted by Gasteiger charge is 2.17. The highest BCUT2D eigenvalue weighted by molar-refractivity contribution is 7.89. The second-order valence-corrected chi connectivity index (χ2v) is 6.12. The van der Waals surface area contributed by atoms with Crippen molar-refractivity contribution in [1.82, 2.24) is 15.4 Å². The zero-order chi connectivity index (χ0) is 12.7. The monoisotopic (exact) mass is 263 g/mol. The molecular weight excluding hydrogens is 242 g/mol. The predicted octanol–water partition coefficient (Wildman–Crippen LogP) is 0.168. The molecule has 1 aliphatic carbocycles. The fourth-order valence-electron chi connectivity index (χ4n) is 1.90. The smallest absolute Gasteiger partial charge is 0.315 e. The van der Waals surface area contributed by atoms with Gasteiger partial charge < -0.3 is 10.6 Å². The van der Waals surface area contributed by atoms with Gasteiger partial charge in [0, 0.05) is 19.1 Å². The number of amides is 2. The third kappa shape index (κ3) is 5.88. The van der Waals surface area contributed by atoms with Crippen LogP contribution in [0.2, 0.25) is 0 Å². The fourth-order valence-corrected chi connectivity index (χ4v) is 2.85. The van der Waals surface area contributed by atoms with Crippen molar-refractivity contribution < 1.29 is 13.2 Å². The van der Waals surface area contributed by atoms with Gasteiger partial charge in [-0.05, 0) is 12.8 Å². The van der Waals surface area contributed by atoms with Crippen LogP contribution in [0.5, 0.6) is 0 Å². The van der Waals surface area contributed by atoms with E-state index in [1.807, 2.05) is 0 Å². The highest BCUT2D eigenvalue weighted by atomic mass is 32.2. The van der Waals surface area contributed by atoms with E-state index in [1.54, 1.807) is 6.92 Å². The van der Waals surface area contributed by atoms with E-state index < -0.39 is 10.0 Å². The minimum absolute atomic E-state index is 0.0844. The zero-order valence-corrected chi connectivity index (χ0v) is 11.0. The third-order valence-electron chi connectivity index (χ3n) is 2.71. The van der Waals surface area contributed by atoms with Gasteiger partial charge in [0.1, 0.15) is 0 Å². The van der Waals surface area contributed by atoms with Crippen molar-refractivity contribution in [3.63, 3.8) is 0 Å². The molecular formula is C10H21N3O3S. The van der Waals surface area contributed by atoms with E-state index in [1.165, 1.54) is 0 Å². The topological polar surface area (TPSA) is 87.3 Å². The van der Waals surface area contributed by atoms with Crippen LogP contribution in [0.1, 0.15) is 32.6 Å². The predicted molar refractivity (Wildman–Crippen MR) is 66.3 cm³/mol. The first kappa shape index (κ1) is 14.2. The maximum absolute atomic E-state index is 11.4. The first-order chi connectivity index (χ1) is 8.03. The van der Waals surface area contributed by atoms with Gasteiger partial charge in [0.25, 0.3) is 0 Å². The standard InChI is InChI=1S/C10H21N3O3S/c1-2-12-17(15,16)8-7-11-10(14)13-9-5-3-4-6-9/h9,12H,2-8H2,1H3,(H2,11,13,14). The summed E-state index contributed by atoms with van der Waals surface area (Å²) in [6.07, 6.45) is 4.34. The Balaban J connectivity index is 2.15. The second-order valence-electron chi connectivity index (χ2n) is 4.20. The maximum atomic E-state index is 11.4. The average molecular weight is 263 g/mol. The van der Waals surface area contributed by atoms with Gasteiger partial charge in [0.2, 0.25) is 10.0 Å². The molecule has 0 aromatic rings. The van der Waals surface area contributed by atoms with Crippen LogP contribution in [0.3, 0.4) is 0 Å². The van der Waals surface area contributed by atoms with Gasteiger partial charge in [-0.2, -0.15) is 0 Å². The molecule has 0 unspecified atom stereocenters. The van der Waals surface area contributed by atoms with Crippen LogP contribution in [-0.2, 0) is 10.0 Å². The minimum Gasteiger partial charge on any atom is -0.337 e. The first-order valence-electron chi connectivity index (χ1n) is 6.05. The summed E-state index contributed by atoms with van der Waals surface area (Å²) >= 11 is 0. The molecule has 6 nitrogen and oxygen atoms in total.